The first-order chi connectivity index (χ1) is 11.1. The molecular weight excluding hydrogens is 328 g/mol. The largest absolute Gasteiger partial charge is 0.352 e. The van der Waals surface area contributed by atoms with E-state index in [1.807, 2.05) is 17.5 Å². The van der Waals surface area contributed by atoms with Gasteiger partial charge in [0.25, 0.3) is 0 Å². The number of H-pyrrole nitrogens is 1. The smallest absolute Gasteiger partial charge is 0.240 e. The van der Waals surface area contributed by atoms with Gasteiger partial charge in [0.05, 0.1) is 4.88 Å². The summed E-state index contributed by atoms with van der Waals surface area (Å²) in [7, 11) is 0. The van der Waals surface area contributed by atoms with Crippen LogP contribution in [0.25, 0.3) is 10.7 Å². The summed E-state index contributed by atoms with van der Waals surface area (Å²) < 4.78 is 2.22. The first-order valence-corrected chi connectivity index (χ1v) is 9.39. The van der Waals surface area contributed by atoms with E-state index in [1.54, 1.807) is 15.9 Å². The molecule has 0 spiro atoms. The van der Waals surface area contributed by atoms with Gasteiger partial charge in [0.1, 0.15) is 6.54 Å². The van der Waals surface area contributed by atoms with Crippen LogP contribution in [-0.2, 0) is 11.3 Å². The van der Waals surface area contributed by atoms with Crippen molar-refractivity contribution in [2.75, 3.05) is 0 Å². The second kappa shape index (κ2) is 8.98. The molecule has 1 atom stereocenters. The van der Waals surface area contributed by atoms with Crippen molar-refractivity contribution in [2.24, 2.45) is 0 Å². The standard InChI is InChI=1S/C16H24N4OS2/c1-3-4-5-6-8-12(2)17-14(21)11-20-15(18-19-16(20)22)13-9-7-10-23-13/h7,9-10,12H,3-6,8,11H2,1-2H3,(H,17,21)(H,19,22). The number of carbonyl (C=O) groups is 1. The Hall–Kier alpha value is -1.47. The van der Waals surface area contributed by atoms with Crippen molar-refractivity contribution in [1.82, 2.24) is 20.1 Å². The zero-order valence-corrected chi connectivity index (χ0v) is 15.3. The van der Waals surface area contributed by atoms with Crippen LogP contribution in [0.1, 0.15) is 46.0 Å². The summed E-state index contributed by atoms with van der Waals surface area (Å²) in [5.41, 5.74) is 0. The Bertz CT molecular complexity index is 660. The monoisotopic (exact) mass is 352 g/mol. The van der Waals surface area contributed by atoms with E-state index >= 15 is 0 Å². The lowest BCUT2D eigenvalue weighted by Gasteiger charge is -2.14. The molecule has 7 heteroatoms. The third-order valence-corrected chi connectivity index (χ3v) is 4.88. The summed E-state index contributed by atoms with van der Waals surface area (Å²) in [6.07, 6.45) is 5.88. The maximum absolute atomic E-state index is 12.3. The molecule has 0 radical (unpaired) electrons. The van der Waals surface area contributed by atoms with Crippen molar-refractivity contribution in [1.29, 1.82) is 0 Å². The molecule has 5 nitrogen and oxygen atoms in total. The molecule has 0 aliphatic heterocycles. The molecule has 0 fully saturated rings. The van der Waals surface area contributed by atoms with Crippen molar-refractivity contribution in [3.8, 4) is 10.7 Å². The first-order valence-electron chi connectivity index (χ1n) is 8.10. The first kappa shape index (κ1) is 17.9. The predicted octanol–water partition coefficient (Wildman–Crippen LogP) is 4.14. The number of thiophene rings is 1. The molecule has 0 bridgehead atoms. The van der Waals surface area contributed by atoms with Gasteiger partial charge in [0.15, 0.2) is 10.6 Å². The third-order valence-electron chi connectivity index (χ3n) is 3.70. The fraction of sp³-hybridized carbons (Fsp3) is 0.562. The second-order valence-corrected chi connectivity index (χ2v) is 7.07. The molecule has 23 heavy (non-hydrogen) atoms. The number of aromatic amines is 1. The van der Waals surface area contributed by atoms with Gasteiger partial charge in [-0.3, -0.25) is 14.5 Å². The maximum atomic E-state index is 12.3. The Morgan fingerprint density at radius 3 is 3.00 bits per heavy atom. The highest BCUT2D eigenvalue weighted by Gasteiger charge is 2.14. The lowest BCUT2D eigenvalue weighted by atomic mass is 10.1. The molecule has 0 aliphatic rings. The summed E-state index contributed by atoms with van der Waals surface area (Å²) in [6, 6.07) is 4.12. The molecule has 1 unspecified atom stereocenters. The minimum atomic E-state index is -0.0247. The summed E-state index contributed by atoms with van der Waals surface area (Å²) >= 11 is 6.83. The highest BCUT2D eigenvalue weighted by Crippen LogP contribution is 2.22. The lowest BCUT2D eigenvalue weighted by molar-refractivity contribution is -0.122. The fourth-order valence-electron chi connectivity index (χ4n) is 2.47. The molecule has 2 heterocycles. The zero-order chi connectivity index (χ0) is 16.7. The number of rotatable bonds is 9. The molecule has 1 amide bonds. The second-order valence-electron chi connectivity index (χ2n) is 5.73. The fourth-order valence-corrected chi connectivity index (χ4v) is 3.39. The zero-order valence-electron chi connectivity index (χ0n) is 13.7. The van der Waals surface area contributed by atoms with Gasteiger partial charge < -0.3 is 5.32 Å². The number of aromatic nitrogens is 3. The van der Waals surface area contributed by atoms with Crippen LogP contribution in [0, 0.1) is 4.77 Å². The highest BCUT2D eigenvalue weighted by atomic mass is 32.1. The van der Waals surface area contributed by atoms with E-state index in [-0.39, 0.29) is 18.5 Å². The van der Waals surface area contributed by atoms with E-state index in [9.17, 15) is 4.79 Å². The molecule has 0 aromatic carbocycles. The Labute approximate surface area is 146 Å². The quantitative estimate of drug-likeness (QED) is 0.526. The number of hydrogen-bond donors (Lipinski definition) is 2. The van der Waals surface area contributed by atoms with Crippen molar-refractivity contribution in [3.05, 3.63) is 22.3 Å². The summed E-state index contributed by atoms with van der Waals surface area (Å²) in [5.74, 6) is 0.694. The Morgan fingerprint density at radius 1 is 1.48 bits per heavy atom. The van der Waals surface area contributed by atoms with E-state index in [1.165, 1.54) is 19.3 Å². The van der Waals surface area contributed by atoms with Gasteiger partial charge in [-0.25, -0.2) is 0 Å². The number of unbranched alkanes of at least 4 members (excludes halogenated alkanes) is 3. The van der Waals surface area contributed by atoms with Gasteiger partial charge in [-0.2, -0.15) is 5.10 Å². The molecule has 0 aliphatic carbocycles. The Kier molecular flexibility index (Phi) is 6.98. The number of hydrogen-bond acceptors (Lipinski definition) is 4. The number of nitrogens with one attached hydrogen (secondary N) is 2. The predicted molar refractivity (Wildman–Crippen MR) is 97.1 cm³/mol. The van der Waals surface area contributed by atoms with Crippen molar-refractivity contribution in [3.63, 3.8) is 0 Å². The Balaban J connectivity index is 1.91. The Morgan fingerprint density at radius 2 is 2.30 bits per heavy atom. The third kappa shape index (κ3) is 5.28. The minimum Gasteiger partial charge on any atom is -0.352 e. The van der Waals surface area contributed by atoms with Gasteiger partial charge in [0, 0.05) is 6.04 Å². The molecule has 2 N–H and O–H groups in total. The summed E-state index contributed by atoms with van der Waals surface area (Å²) in [5, 5.41) is 12.0. The van der Waals surface area contributed by atoms with Crippen LogP contribution in [0.2, 0.25) is 0 Å². The topological polar surface area (TPSA) is 62.7 Å². The molecule has 0 saturated carbocycles. The van der Waals surface area contributed by atoms with Gasteiger partial charge in [-0.05, 0) is 37.0 Å². The van der Waals surface area contributed by atoms with Gasteiger partial charge in [-0.15, -0.1) is 11.3 Å². The molecule has 2 aromatic heterocycles. The van der Waals surface area contributed by atoms with E-state index in [4.69, 9.17) is 12.2 Å². The van der Waals surface area contributed by atoms with Crippen molar-refractivity contribution >= 4 is 29.5 Å². The van der Waals surface area contributed by atoms with E-state index in [0.29, 0.717) is 4.77 Å². The highest BCUT2D eigenvalue weighted by molar-refractivity contribution is 7.71. The molecular formula is C16H24N4OS2. The van der Waals surface area contributed by atoms with Crippen LogP contribution in [0.5, 0.6) is 0 Å². The van der Waals surface area contributed by atoms with E-state index in [0.717, 1.165) is 23.5 Å². The maximum Gasteiger partial charge on any atom is 0.240 e. The average molecular weight is 353 g/mol. The van der Waals surface area contributed by atoms with Crippen LogP contribution in [0.4, 0.5) is 0 Å². The van der Waals surface area contributed by atoms with Gasteiger partial charge in [-0.1, -0.05) is 38.7 Å². The van der Waals surface area contributed by atoms with Crippen LogP contribution >= 0.6 is 23.6 Å². The van der Waals surface area contributed by atoms with Crippen molar-refractivity contribution < 1.29 is 4.79 Å². The SMILES string of the molecule is CCCCCCC(C)NC(=O)Cn1c(-c2cccs2)n[nH]c1=S. The van der Waals surface area contributed by atoms with Crippen LogP contribution in [0.3, 0.4) is 0 Å². The molecule has 0 saturated heterocycles. The molecule has 2 rings (SSSR count). The minimum absolute atomic E-state index is 0.0247. The molecule has 2 aromatic rings. The number of nitrogens with zero attached hydrogens (tertiary/aromatic N) is 2. The normalized spacial score (nSPS) is 12.3. The lowest BCUT2D eigenvalue weighted by Crippen LogP contribution is -2.35. The van der Waals surface area contributed by atoms with Gasteiger partial charge in [0.2, 0.25) is 5.91 Å². The number of carbonyl (C=O) groups excluding carboxylic acids is 1. The van der Waals surface area contributed by atoms with Crippen LogP contribution in [0.15, 0.2) is 17.5 Å². The van der Waals surface area contributed by atoms with Crippen LogP contribution in [-0.4, -0.2) is 26.7 Å². The summed E-state index contributed by atoms with van der Waals surface area (Å²) in [6.45, 7) is 4.45. The van der Waals surface area contributed by atoms with Crippen molar-refractivity contribution in [2.45, 2.75) is 58.5 Å². The summed E-state index contributed by atoms with van der Waals surface area (Å²) in [4.78, 5) is 13.3. The van der Waals surface area contributed by atoms with E-state index in [2.05, 4.69) is 29.4 Å². The van der Waals surface area contributed by atoms with Gasteiger partial charge >= 0.3 is 0 Å². The van der Waals surface area contributed by atoms with Crippen LogP contribution < -0.4 is 5.32 Å². The average Bonchev–Trinajstić information content (AvgIpc) is 3.14. The number of amides is 1. The van der Waals surface area contributed by atoms with E-state index < -0.39 is 0 Å². The molecule has 126 valence electrons.